The zero-order valence-electron chi connectivity index (χ0n) is 9.58. The van der Waals surface area contributed by atoms with Gasteiger partial charge < -0.3 is 14.6 Å². The molecule has 94 valence electrons. The van der Waals surface area contributed by atoms with Gasteiger partial charge in [-0.15, -0.1) is 11.3 Å². The van der Waals surface area contributed by atoms with Gasteiger partial charge in [-0.2, -0.15) is 9.97 Å². The maximum atomic E-state index is 11.1. The Balaban J connectivity index is 2.60. The van der Waals surface area contributed by atoms with E-state index in [1.807, 2.05) is 0 Å². The highest BCUT2D eigenvalue weighted by atomic mass is 32.1. The minimum absolute atomic E-state index is 0.111. The second-order valence-electron chi connectivity index (χ2n) is 3.11. The highest BCUT2D eigenvalue weighted by Gasteiger charge is 2.22. The zero-order chi connectivity index (χ0) is 13.1. The van der Waals surface area contributed by atoms with Crippen LogP contribution in [0.2, 0.25) is 0 Å². The molecule has 0 amide bonds. The van der Waals surface area contributed by atoms with E-state index < -0.39 is 5.97 Å². The third-order valence-electron chi connectivity index (χ3n) is 2.13. The SMILES string of the molecule is COc1ncnc(-c2c(OC)csc2C(=O)O)n1. The Bertz CT molecular complexity index is 584. The molecule has 1 N–H and O–H groups in total. The summed E-state index contributed by atoms with van der Waals surface area (Å²) < 4.78 is 9.99. The molecule has 0 spiro atoms. The quantitative estimate of drug-likeness (QED) is 0.892. The summed E-state index contributed by atoms with van der Waals surface area (Å²) in [5.74, 6) is -0.444. The van der Waals surface area contributed by atoms with Crippen molar-refractivity contribution in [2.45, 2.75) is 0 Å². The molecule has 0 aliphatic heterocycles. The second-order valence-corrected chi connectivity index (χ2v) is 3.99. The van der Waals surface area contributed by atoms with Gasteiger partial charge in [0, 0.05) is 5.38 Å². The molecule has 0 saturated carbocycles. The van der Waals surface area contributed by atoms with Crippen LogP contribution in [0.15, 0.2) is 11.7 Å². The van der Waals surface area contributed by atoms with E-state index >= 15 is 0 Å². The second kappa shape index (κ2) is 4.96. The molecule has 0 aliphatic rings. The molecule has 0 atom stereocenters. The lowest BCUT2D eigenvalue weighted by atomic mass is 10.2. The maximum Gasteiger partial charge on any atom is 0.346 e. The Hall–Kier alpha value is -2.22. The van der Waals surface area contributed by atoms with Crippen LogP contribution in [0.25, 0.3) is 11.4 Å². The van der Waals surface area contributed by atoms with Gasteiger partial charge in [0.1, 0.15) is 17.0 Å². The van der Waals surface area contributed by atoms with E-state index in [-0.39, 0.29) is 16.7 Å². The smallest absolute Gasteiger partial charge is 0.346 e. The lowest BCUT2D eigenvalue weighted by molar-refractivity contribution is 0.0702. The standard InChI is InChI=1S/C10H9N3O4S/c1-16-5-3-18-7(9(14)15)6(5)8-11-4-12-10(13-8)17-2/h3-4H,1-2H3,(H,14,15). The summed E-state index contributed by atoms with van der Waals surface area (Å²) in [5.41, 5.74) is 0.329. The summed E-state index contributed by atoms with van der Waals surface area (Å²) in [6.45, 7) is 0. The topological polar surface area (TPSA) is 94.4 Å². The summed E-state index contributed by atoms with van der Waals surface area (Å²) in [6.07, 6.45) is 1.25. The van der Waals surface area contributed by atoms with Gasteiger partial charge in [0.25, 0.3) is 0 Å². The van der Waals surface area contributed by atoms with Crippen LogP contribution in [0.3, 0.4) is 0 Å². The van der Waals surface area contributed by atoms with E-state index in [1.54, 1.807) is 5.38 Å². The van der Waals surface area contributed by atoms with Crippen molar-refractivity contribution >= 4 is 17.3 Å². The summed E-state index contributed by atoms with van der Waals surface area (Å²) >= 11 is 1.05. The molecule has 7 nitrogen and oxygen atoms in total. The van der Waals surface area contributed by atoms with E-state index in [9.17, 15) is 4.79 Å². The van der Waals surface area contributed by atoms with Crippen molar-refractivity contribution in [3.8, 4) is 23.1 Å². The Morgan fingerprint density at radius 3 is 2.72 bits per heavy atom. The first kappa shape index (κ1) is 12.2. The van der Waals surface area contributed by atoms with Crippen molar-refractivity contribution in [1.29, 1.82) is 0 Å². The van der Waals surface area contributed by atoms with Crippen LogP contribution in [-0.4, -0.2) is 40.2 Å². The van der Waals surface area contributed by atoms with Crippen molar-refractivity contribution < 1.29 is 19.4 Å². The third kappa shape index (κ3) is 2.09. The van der Waals surface area contributed by atoms with E-state index in [0.29, 0.717) is 11.3 Å². The molecule has 0 bridgehead atoms. The fourth-order valence-electron chi connectivity index (χ4n) is 1.36. The number of aromatic carboxylic acids is 1. The highest BCUT2D eigenvalue weighted by molar-refractivity contribution is 7.12. The van der Waals surface area contributed by atoms with Crippen molar-refractivity contribution in [3.05, 3.63) is 16.6 Å². The Labute approximate surface area is 106 Å². The molecule has 2 rings (SSSR count). The molecule has 0 unspecified atom stereocenters. The molecule has 2 aromatic rings. The zero-order valence-corrected chi connectivity index (χ0v) is 10.4. The molecular weight excluding hydrogens is 258 g/mol. The molecule has 2 heterocycles. The Kier molecular flexibility index (Phi) is 3.38. The molecule has 0 fully saturated rings. The number of thiophene rings is 1. The maximum absolute atomic E-state index is 11.1. The van der Waals surface area contributed by atoms with E-state index in [0.717, 1.165) is 11.3 Å². The molecule has 18 heavy (non-hydrogen) atoms. The van der Waals surface area contributed by atoms with Crippen LogP contribution in [-0.2, 0) is 0 Å². The molecule has 2 aromatic heterocycles. The van der Waals surface area contributed by atoms with Gasteiger partial charge in [0.15, 0.2) is 5.82 Å². The summed E-state index contributed by atoms with van der Waals surface area (Å²) in [6, 6.07) is 0.115. The lowest BCUT2D eigenvalue weighted by Crippen LogP contribution is -2.01. The van der Waals surface area contributed by atoms with Gasteiger partial charge in [-0.05, 0) is 0 Å². The predicted molar refractivity (Wildman–Crippen MR) is 63.2 cm³/mol. The first-order chi connectivity index (χ1) is 8.67. The van der Waals surface area contributed by atoms with Crippen molar-refractivity contribution in [2.24, 2.45) is 0 Å². The molecule has 0 aliphatic carbocycles. The van der Waals surface area contributed by atoms with Crippen LogP contribution < -0.4 is 9.47 Å². The van der Waals surface area contributed by atoms with Crippen LogP contribution in [0.5, 0.6) is 11.8 Å². The van der Waals surface area contributed by atoms with Gasteiger partial charge in [-0.25, -0.2) is 9.78 Å². The fourth-order valence-corrected chi connectivity index (χ4v) is 2.21. The number of carboxylic acid groups (broad SMARTS) is 1. The van der Waals surface area contributed by atoms with E-state index in [4.69, 9.17) is 14.6 Å². The summed E-state index contributed by atoms with van der Waals surface area (Å²) in [7, 11) is 2.87. The average molecular weight is 267 g/mol. The van der Waals surface area contributed by atoms with Gasteiger partial charge in [-0.1, -0.05) is 0 Å². The summed E-state index contributed by atoms with van der Waals surface area (Å²) in [4.78, 5) is 23.0. The van der Waals surface area contributed by atoms with Crippen LogP contribution >= 0.6 is 11.3 Å². The fraction of sp³-hybridized carbons (Fsp3) is 0.200. The van der Waals surface area contributed by atoms with Gasteiger partial charge >= 0.3 is 12.0 Å². The summed E-state index contributed by atoms with van der Waals surface area (Å²) in [5, 5.41) is 10.7. The normalized spacial score (nSPS) is 10.1. The minimum atomic E-state index is -1.06. The number of ether oxygens (including phenoxy) is 2. The third-order valence-corrected chi connectivity index (χ3v) is 3.07. The van der Waals surface area contributed by atoms with Crippen LogP contribution in [0.1, 0.15) is 9.67 Å². The monoisotopic (exact) mass is 267 g/mol. The van der Waals surface area contributed by atoms with Crippen molar-refractivity contribution in [2.75, 3.05) is 14.2 Å². The van der Waals surface area contributed by atoms with E-state index in [2.05, 4.69) is 15.0 Å². The van der Waals surface area contributed by atoms with Crippen molar-refractivity contribution in [3.63, 3.8) is 0 Å². The average Bonchev–Trinajstić information content (AvgIpc) is 2.82. The van der Waals surface area contributed by atoms with Crippen LogP contribution in [0.4, 0.5) is 0 Å². The number of nitrogens with zero attached hydrogens (tertiary/aromatic N) is 3. The number of aromatic nitrogens is 3. The molecular formula is C10H9N3O4S. The number of carboxylic acids is 1. The lowest BCUT2D eigenvalue weighted by Gasteiger charge is -2.04. The molecule has 0 radical (unpaired) electrons. The number of hydrogen-bond acceptors (Lipinski definition) is 7. The largest absolute Gasteiger partial charge is 0.495 e. The predicted octanol–water partition coefficient (Wildman–Crippen LogP) is 1.32. The molecule has 8 heteroatoms. The first-order valence-corrected chi connectivity index (χ1v) is 5.67. The van der Waals surface area contributed by atoms with Crippen LogP contribution in [0, 0.1) is 0 Å². The number of carbonyl (C=O) groups is 1. The van der Waals surface area contributed by atoms with E-state index in [1.165, 1.54) is 20.5 Å². The molecule has 0 saturated heterocycles. The molecule has 0 aromatic carbocycles. The highest BCUT2D eigenvalue weighted by Crippen LogP contribution is 2.36. The number of rotatable bonds is 4. The first-order valence-electron chi connectivity index (χ1n) is 4.79. The Morgan fingerprint density at radius 2 is 2.11 bits per heavy atom. The van der Waals surface area contributed by atoms with Gasteiger partial charge in [0.2, 0.25) is 0 Å². The van der Waals surface area contributed by atoms with Gasteiger partial charge in [0.05, 0.1) is 19.8 Å². The van der Waals surface area contributed by atoms with Crippen molar-refractivity contribution in [1.82, 2.24) is 15.0 Å². The van der Waals surface area contributed by atoms with Gasteiger partial charge in [-0.3, -0.25) is 0 Å². The minimum Gasteiger partial charge on any atom is -0.495 e. The Morgan fingerprint density at radius 1 is 1.33 bits per heavy atom. The number of methoxy groups -OCH3 is 2. The number of hydrogen-bond donors (Lipinski definition) is 1.